The van der Waals surface area contributed by atoms with Crippen LogP contribution in [0.15, 0.2) is 18.2 Å². The first-order valence-electron chi connectivity index (χ1n) is 5.98. The topological polar surface area (TPSA) is 38.3 Å². The SMILES string of the molecule is Cc1ccc(OCCNC(=O)C(C)C)c(C)c1. The van der Waals surface area contributed by atoms with Gasteiger partial charge in [-0.2, -0.15) is 0 Å². The molecule has 1 aromatic rings. The molecule has 3 heteroatoms. The Morgan fingerprint density at radius 3 is 2.65 bits per heavy atom. The van der Waals surface area contributed by atoms with Gasteiger partial charge in [-0.3, -0.25) is 4.79 Å². The van der Waals surface area contributed by atoms with Crippen LogP contribution in [0, 0.1) is 19.8 Å². The van der Waals surface area contributed by atoms with Crippen LogP contribution in [0.4, 0.5) is 0 Å². The number of nitrogens with one attached hydrogen (secondary N) is 1. The summed E-state index contributed by atoms with van der Waals surface area (Å²) in [7, 11) is 0. The molecule has 0 unspecified atom stereocenters. The predicted octanol–water partition coefficient (Wildman–Crippen LogP) is 2.45. The fourth-order valence-corrected chi connectivity index (χ4v) is 1.50. The Labute approximate surface area is 103 Å². The molecular formula is C14H21NO2. The number of benzene rings is 1. The first kappa shape index (κ1) is 13.6. The van der Waals surface area contributed by atoms with Crippen molar-refractivity contribution in [1.82, 2.24) is 5.32 Å². The Bertz CT molecular complexity index is 386. The van der Waals surface area contributed by atoms with Crippen molar-refractivity contribution < 1.29 is 9.53 Å². The molecule has 3 nitrogen and oxygen atoms in total. The van der Waals surface area contributed by atoms with E-state index in [9.17, 15) is 4.79 Å². The number of rotatable bonds is 5. The van der Waals surface area contributed by atoms with Gasteiger partial charge in [0.25, 0.3) is 0 Å². The van der Waals surface area contributed by atoms with Crippen LogP contribution in [0.2, 0.25) is 0 Å². The summed E-state index contributed by atoms with van der Waals surface area (Å²) in [6.07, 6.45) is 0. The molecule has 1 N–H and O–H groups in total. The smallest absolute Gasteiger partial charge is 0.222 e. The van der Waals surface area contributed by atoms with Crippen molar-refractivity contribution in [2.75, 3.05) is 13.2 Å². The lowest BCUT2D eigenvalue weighted by molar-refractivity contribution is -0.124. The average Bonchev–Trinajstić information content (AvgIpc) is 2.26. The number of amides is 1. The van der Waals surface area contributed by atoms with Gasteiger partial charge in [0.1, 0.15) is 12.4 Å². The molecule has 0 aromatic heterocycles. The summed E-state index contributed by atoms with van der Waals surface area (Å²) in [4.78, 5) is 11.3. The first-order chi connectivity index (χ1) is 8.00. The second-order valence-corrected chi connectivity index (χ2v) is 4.56. The Balaban J connectivity index is 2.34. The zero-order chi connectivity index (χ0) is 12.8. The molecule has 1 amide bonds. The standard InChI is InChI=1S/C14H21NO2/c1-10(2)14(16)15-7-8-17-13-6-5-11(3)9-12(13)4/h5-6,9-10H,7-8H2,1-4H3,(H,15,16). The molecule has 0 aliphatic heterocycles. The van der Waals surface area contributed by atoms with E-state index >= 15 is 0 Å². The highest BCUT2D eigenvalue weighted by atomic mass is 16.5. The van der Waals surface area contributed by atoms with Crippen LogP contribution < -0.4 is 10.1 Å². The zero-order valence-corrected chi connectivity index (χ0v) is 11.0. The van der Waals surface area contributed by atoms with Gasteiger partial charge < -0.3 is 10.1 Å². The molecule has 0 aliphatic rings. The summed E-state index contributed by atoms with van der Waals surface area (Å²) >= 11 is 0. The lowest BCUT2D eigenvalue weighted by Gasteiger charge is -2.11. The molecule has 1 rings (SSSR count). The van der Waals surface area contributed by atoms with Gasteiger partial charge in [-0.15, -0.1) is 0 Å². The molecule has 94 valence electrons. The van der Waals surface area contributed by atoms with Crippen molar-refractivity contribution >= 4 is 5.91 Å². The van der Waals surface area contributed by atoms with E-state index in [2.05, 4.69) is 18.3 Å². The molecule has 0 bridgehead atoms. The third-order valence-corrected chi connectivity index (χ3v) is 2.51. The minimum Gasteiger partial charge on any atom is -0.491 e. The molecule has 0 aliphatic carbocycles. The van der Waals surface area contributed by atoms with E-state index in [1.54, 1.807) is 0 Å². The number of hydrogen-bond donors (Lipinski definition) is 1. The zero-order valence-electron chi connectivity index (χ0n) is 11.0. The van der Waals surface area contributed by atoms with Crippen LogP contribution in [0.1, 0.15) is 25.0 Å². The second kappa shape index (κ2) is 6.28. The summed E-state index contributed by atoms with van der Waals surface area (Å²) in [5, 5.41) is 2.82. The van der Waals surface area contributed by atoms with Crippen LogP contribution in [0.5, 0.6) is 5.75 Å². The van der Waals surface area contributed by atoms with E-state index < -0.39 is 0 Å². The van der Waals surface area contributed by atoms with Crippen LogP contribution in [0.3, 0.4) is 0 Å². The number of hydrogen-bond acceptors (Lipinski definition) is 2. The van der Waals surface area contributed by atoms with Gasteiger partial charge in [0, 0.05) is 5.92 Å². The van der Waals surface area contributed by atoms with Crippen molar-refractivity contribution in [3.05, 3.63) is 29.3 Å². The lowest BCUT2D eigenvalue weighted by atomic mass is 10.1. The predicted molar refractivity (Wildman–Crippen MR) is 69.3 cm³/mol. The summed E-state index contributed by atoms with van der Waals surface area (Å²) in [6.45, 7) is 8.88. The van der Waals surface area contributed by atoms with Crippen molar-refractivity contribution in [2.45, 2.75) is 27.7 Å². The van der Waals surface area contributed by atoms with Crippen molar-refractivity contribution in [3.8, 4) is 5.75 Å². The fourth-order valence-electron chi connectivity index (χ4n) is 1.50. The largest absolute Gasteiger partial charge is 0.491 e. The van der Waals surface area contributed by atoms with Crippen molar-refractivity contribution in [1.29, 1.82) is 0 Å². The molecular weight excluding hydrogens is 214 g/mol. The van der Waals surface area contributed by atoms with Crippen molar-refractivity contribution in [2.24, 2.45) is 5.92 Å². The van der Waals surface area contributed by atoms with Crippen LogP contribution in [0.25, 0.3) is 0 Å². The maximum absolute atomic E-state index is 11.3. The van der Waals surface area contributed by atoms with E-state index in [4.69, 9.17) is 4.74 Å². The van der Waals surface area contributed by atoms with E-state index in [1.807, 2.05) is 32.9 Å². The second-order valence-electron chi connectivity index (χ2n) is 4.56. The van der Waals surface area contributed by atoms with Crippen LogP contribution in [-0.2, 0) is 4.79 Å². The third-order valence-electron chi connectivity index (χ3n) is 2.51. The van der Waals surface area contributed by atoms with Gasteiger partial charge in [0.15, 0.2) is 0 Å². The van der Waals surface area contributed by atoms with Gasteiger partial charge >= 0.3 is 0 Å². The highest BCUT2D eigenvalue weighted by molar-refractivity contribution is 5.77. The Morgan fingerprint density at radius 2 is 2.06 bits per heavy atom. The fraction of sp³-hybridized carbons (Fsp3) is 0.500. The number of carbonyl (C=O) groups excluding carboxylic acids is 1. The van der Waals surface area contributed by atoms with Gasteiger partial charge in [0.05, 0.1) is 6.54 Å². The molecule has 0 radical (unpaired) electrons. The van der Waals surface area contributed by atoms with Gasteiger partial charge in [-0.1, -0.05) is 31.5 Å². The molecule has 1 aromatic carbocycles. The van der Waals surface area contributed by atoms with Gasteiger partial charge in [0.2, 0.25) is 5.91 Å². The maximum Gasteiger partial charge on any atom is 0.222 e. The third kappa shape index (κ3) is 4.47. The van der Waals surface area contributed by atoms with E-state index in [1.165, 1.54) is 5.56 Å². The molecule has 0 atom stereocenters. The number of carbonyl (C=O) groups is 1. The van der Waals surface area contributed by atoms with Gasteiger partial charge in [-0.05, 0) is 25.5 Å². The summed E-state index contributed by atoms with van der Waals surface area (Å²) in [6, 6.07) is 6.08. The molecule has 17 heavy (non-hydrogen) atoms. The normalized spacial score (nSPS) is 10.4. The maximum atomic E-state index is 11.3. The summed E-state index contributed by atoms with van der Waals surface area (Å²) in [5.74, 6) is 0.972. The Hall–Kier alpha value is -1.51. The molecule has 0 fully saturated rings. The monoisotopic (exact) mass is 235 g/mol. The van der Waals surface area contributed by atoms with E-state index in [0.717, 1.165) is 11.3 Å². The minimum absolute atomic E-state index is 0.0242. The van der Waals surface area contributed by atoms with E-state index in [0.29, 0.717) is 13.2 Å². The van der Waals surface area contributed by atoms with Crippen LogP contribution >= 0.6 is 0 Å². The lowest BCUT2D eigenvalue weighted by Crippen LogP contribution is -2.31. The average molecular weight is 235 g/mol. The summed E-state index contributed by atoms with van der Waals surface area (Å²) in [5.41, 5.74) is 2.35. The molecule has 0 saturated carbocycles. The van der Waals surface area contributed by atoms with Crippen LogP contribution in [-0.4, -0.2) is 19.1 Å². The molecule has 0 saturated heterocycles. The number of aryl methyl sites for hydroxylation is 2. The molecule has 0 spiro atoms. The highest BCUT2D eigenvalue weighted by Crippen LogP contribution is 2.18. The van der Waals surface area contributed by atoms with Crippen molar-refractivity contribution in [3.63, 3.8) is 0 Å². The molecule has 0 heterocycles. The minimum atomic E-state index is 0.0242. The summed E-state index contributed by atoms with van der Waals surface area (Å²) < 4.78 is 5.61. The van der Waals surface area contributed by atoms with E-state index in [-0.39, 0.29) is 11.8 Å². The number of ether oxygens (including phenoxy) is 1. The highest BCUT2D eigenvalue weighted by Gasteiger charge is 2.05. The quantitative estimate of drug-likeness (QED) is 0.796. The Morgan fingerprint density at radius 1 is 1.35 bits per heavy atom. The van der Waals surface area contributed by atoms with Gasteiger partial charge in [-0.25, -0.2) is 0 Å². The Kier molecular flexibility index (Phi) is 5.01. The first-order valence-corrected chi connectivity index (χ1v) is 5.98.